The Bertz CT molecular complexity index is 1050. The van der Waals surface area contributed by atoms with Gasteiger partial charge in [-0.3, -0.25) is 0 Å². The predicted molar refractivity (Wildman–Crippen MR) is 108 cm³/mol. The number of halogens is 4. The minimum absolute atomic E-state index is 0.000497. The van der Waals surface area contributed by atoms with Crippen LogP contribution in [0, 0.1) is 0 Å². The van der Waals surface area contributed by atoms with Crippen molar-refractivity contribution in [2.45, 2.75) is 43.8 Å². The molecule has 164 valence electrons. The molecule has 30 heavy (non-hydrogen) atoms. The molecule has 0 bridgehead atoms. The molecule has 0 unspecified atom stereocenters. The first-order valence-corrected chi connectivity index (χ1v) is 12.4. The van der Waals surface area contributed by atoms with E-state index in [1.807, 2.05) is 0 Å². The minimum atomic E-state index is -4.61. The molecule has 4 rings (SSSR count). The van der Waals surface area contributed by atoms with Gasteiger partial charge in [0.15, 0.2) is 5.69 Å². The number of sulfonamides is 1. The highest BCUT2D eigenvalue weighted by Gasteiger charge is 2.41. The van der Waals surface area contributed by atoms with Crippen molar-refractivity contribution in [3.05, 3.63) is 21.9 Å². The van der Waals surface area contributed by atoms with Crippen LogP contribution in [-0.4, -0.2) is 53.1 Å². The van der Waals surface area contributed by atoms with E-state index in [1.54, 1.807) is 0 Å². The van der Waals surface area contributed by atoms with Crippen LogP contribution in [-0.2, 0) is 16.2 Å². The third-order valence-corrected chi connectivity index (χ3v) is 7.86. The topological polar surface area (TPSA) is 88.1 Å². The molecule has 7 nitrogen and oxygen atoms in total. The van der Waals surface area contributed by atoms with Gasteiger partial charge in [0.05, 0.1) is 27.4 Å². The molecule has 13 heteroatoms. The highest BCUT2D eigenvalue weighted by atomic mass is 35.5. The van der Waals surface area contributed by atoms with Crippen LogP contribution in [0.3, 0.4) is 0 Å². The molecule has 0 atom stereocenters. The summed E-state index contributed by atoms with van der Waals surface area (Å²) in [7, 11) is -3.24. The molecule has 0 radical (unpaired) electrons. The zero-order valence-electron chi connectivity index (χ0n) is 15.9. The number of rotatable bonds is 5. The molecule has 2 aromatic rings. The monoisotopic (exact) mass is 481 g/mol. The number of nitrogens with one attached hydrogen (secondary N) is 1. The van der Waals surface area contributed by atoms with Crippen molar-refractivity contribution in [1.29, 1.82) is 0 Å². The largest absolute Gasteiger partial charge is 0.434 e. The van der Waals surface area contributed by atoms with Crippen molar-refractivity contribution in [2.75, 3.05) is 24.7 Å². The van der Waals surface area contributed by atoms with Crippen molar-refractivity contribution < 1.29 is 21.6 Å². The zero-order chi connectivity index (χ0) is 21.7. The van der Waals surface area contributed by atoms with E-state index < -0.39 is 21.9 Å². The summed E-state index contributed by atoms with van der Waals surface area (Å²) in [5.74, 6) is 0.227. The highest BCUT2D eigenvalue weighted by Crippen LogP contribution is 2.48. The first kappa shape index (κ1) is 21.7. The number of piperidine rings is 1. The third kappa shape index (κ3) is 4.71. The maximum absolute atomic E-state index is 13.6. The second-order valence-electron chi connectivity index (χ2n) is 7.47. The molecule has 1 saturated carbocycles. The molecule has 2 aliphatic rings. The Labute approximate surface area is 180 Å². The average molecular weight is 482 g/mol. The molecule has 1 N–H and O–H groups in total. The van der Waals surface area contributed by atoms with Crippen LogP contribution in [0.5, 0.6) is 0 Å². The molecule has 1 aliphatic carbocycles. The van der Waals surface area contributed by atoms with Gasteiger partial charge in [-0.1, -0.05) is 11.6 Å². The highest BCUT2D eigenvalue weighted by molar-refractivity contribution is 7.88. The van der Waals surface area contributed by atoms with Gasteiger partial charge in [0.1, 0.15) is 5.69 Å². The van der Waals surface area contributed by atoms with E-state index in [0.717, 1.165) is 24.2 Å². The quantitative estimate of drug-likeness (QED) is 0.694. The Morgan fingerprint density at radius 3 is 2.43 bits per heavy atom. The molecule has 0 aromatic carbocycles. The van der Waals surface area contributed by atoms with Crippen LogP contribution in [0.15, 0.2) is 6.20 Å². The lowest BCUT2D eigenvalue weighted by atomic mass is 10.1. The van der Waals surface area contributed by atoms with Crippen LogP contribution in [0.2, 0.25) is 5.02 Å². The number of hydrogen-bond acceptors (Lipinski definition) is 7. The third-order valence-electron chi connectivity index (χ3n) is 5.05. The van der Waals surface area contributed by atoms with Gasteiger partial charge in [0.25, 0.3) is 0 Å². The summed E-state index contributed by atoms with van der Waals surface area (Å²) in [6.07, 6.45) is 0.566. The first-order chi connectivity index (χ1) is 14.0. The molecule has 1 saturated heterocycles. The Balaban J connectivity index is 1.58. The van der Waals surface area contributed by atoms with Crippen LogP contribution in [0.1, 0.15) is 42.3 Å². The van der Waals surface area contributed by atoms with Gasteiger partial charge in [-0.15, -0.1) is 11.3 Å². The Morgan fingerprint density at radius 2 is 1.87 bits per heavy atom. The number of alkyl halides is 3. The normalized spacial score (nSPS) is 19.2. The molecule has 3 heterocycles. The van der Waals surface area contributed by atoms with Crippen molar-refractivity contribution in [3.8, 4) is 10.6 Å². The van der Waals surface area contributed by atoms with Crippen molar-refractivity contribution in [2.24, 2.45) is 0 Å². The standard InChI is InChI=1S/C17H19ClF3N5O2S2/c1-30(27,28)26-6-4-10(5-7-26)23-16-22-8-11(18)12(24-16)13-14(17(19,20)21)25-15(29-13)9-2-3-9/h8-10H,2-7H2,1H3,(H,22,23,24). The van der Waals surface area contributed by atoms with Gasteiger partial charge in [-0.05, 0) is 25.7 Å². The fourth-order valence-electron chi connectivity index (χ4n) is 3.30. The number of anilines is 1. The summed E-state index contributed by atoms with van der Waals surface area (Å²) >= 11 is 7.13. The number of hydrogen-bond donors (Lipinski definition) is 1. The van der Waals surface area contributed by atoms with E-state index in [0.29, 0.717) is 30.9 Å². The first-order valence-electron chi connectivity index (χ1n) is 9.35. The van der Waals surface area contributed by atoms with E-state index in [2.05, 4.69) is 20.3 Å². The zero-order valence-corrected chi connectivity index (χ0v) is 18.3. The molecular weight excluding hydrogens is 463 g/mol. The maximum Gasteiger partial charge on any atom is 0.434 e. The number of aromatic nitrogens is 3. The van der Waals surface area contributed by atoms with Gasteiger partial charge in [-0.2, -0.15) is 13.2 Å². The average Bonchev–Trinajstić information content (AvgIpc) is 3.40. The second kappa shape index (κ2) is 7.88. The van der Waals surface area contributed by atoms with Crippen LogP contribution >= 0.6 is 22.9 Å². The lowest BCUT2D eigenvalue weighted by Gasteiger charge is -2.30. The summed E-state index contributed by atoms with van der Waals surface area (Å²) in [4.78, 5) is 12.1. The fraction of sp³-hybridized carbons (Fsp3) is 0.588. The van der Waals surface area contributed by atoms with Crippen LogP contribution in [0.4, 0.5) is 19.1 Å². The van der Waals surface area contributed by atoms with Crippen LogP contribution in [0.25, 0.3) is 10.6 Å². The van der Waals surface area contributed by atoms with Crippen molar-refractivity contribution in [1.82, 2.24) is 19.3 Å². The lowest BCUT2D eigenvalue weighted by molar-refractivity contribution is -0.140. The van der Waals surface area contributed by atoms with Crippen molar-refractivity contribution in [3.63, 3.8) is 0 Å². The smallest absolute Gasteiger partial charge is 0.351 e. The van der Waals surface area contributed by atoms with Gasteiger partial charge in [0, 0.05) is 25.0 Å². The summed E-state index contributed by atoms with van der Waals surface area (Å²) < 4.78 is 65.3. The molecule has 1 aliphatic heterocycles. The number of nitrogens with zero attached hydrogens (tertiary/aromatic N) is 4. The van der Waals surface area contributed by atoms with E-state index in [4.69, 9.17) is 11.6 Å². The molecular formula is C17H19ClF3N5O2S2. The second-order valence-corrected chi connectivity index (χ2v) is 10.9. The number of thiazole rings is 1. The minimum Gasteiger partial charge on any atom is -0.351 e. The summed E-state index contributed by atoms with van der Waals surface area (Å²) in [6, 6.07) is -0.0948. The maximum atomic E-state index is 13.6. The van der Waals surface area contributed by atoms with E-state index >= 15 is 0 Å². The van der Waals surface area contributed by atoms with E-state index in [9.17, 15) is 21.6 Å². The van der Waals surface area contributed by atoms with Crippen LogP contribution < -0.4 is 5.32 Å². The molecule has 2 aromatic heterocycles. The summed E-state index contributed by atoms with van der Waals surface area (Å²) in [6.45, 7) is 0.712. The fourth-order valence-corrected chi connectivity index (χ4v) is 5.68. The van der Waals surface area contributed by atoms with E-state index in [-0.39, 0.29) is 33.5 Å². The van der Waals surface area contributed by atoms with Gasteiger partial charge in [-0.25, -0.2) is 27.7 Å². The van der Waals surface area contributed by atoms with Gasteiger partial charge in [0.2, 0.25) is 16.0 Å². The Morgan fingerprint density at radius 1 is 1.20 bits per heavy atom. The summed E-state index contributed by atoms with van der Waals surface area (Å²) in [5, 5.41) is 3.56. The Hall–Kier alpha value is -1.50. The Kier molecular flexibility index (Phi) is 5.71. The summed E-state index contributed by atoms with van der Waals surface area (Å²) in [5.41, 5.74) is -0.970. The van der Waals surface area contributed by atoms with Gasteiger partial charge >= 0.3 is 6.18 Å². The van der Waals surface area contributed by atoms with Crippen molar-refractivity contribution >= 4 is 38.9 Å². The molecule has 0 spiro atoms. The van der Waals surface area contributed by atoms with Gasteiger partial charge < -0.3 is 5.32 Å². The van der Waals surface area contributed by atoms with E-state index in [1.165, 1.54) is 16.8 Å². The molecule has 2 fully saturated rings. The molecule has 0 amide bonds. The SMILES string of the molecule is CS(=O)(=O)N1CCC(Nc2ncc(Cl)c(-c3sc(C4CC4)nc3C(F)(F)F)n2)CC1. The predicted octanol–water partition coefficient (Wildman–Crippen LogP) is 3.99. The lowest BCUT2D eigenvalue weighted by Crippen LogP contribution is -2.42.